The van der Waals surface area contributed by atoms with Crippen LogP contribution in [0.15, 0.2) is 24.3 Å². The zero-order valence-electron chi connectivity index (χ0n) is 13.6. The van der Waals surface area contributed by atoms with Crippen LogP contribution in [0, 0.1) is 5.41 Å². The Labute approximate surface area is 128 Å². The molecule has 1 atom stereocenters. The number of carbonyl (C=O) groups is 1. The van der Waals surface area contributed by atoms with E-state index in [1.807, 2.05) is 52.0 Å². The standard InChI is InChI=1S/C17H28N2O2/c1-5-17(6-2,12-18)16(20)19-13(4)14-9-8-10-15(11-14)21-7-3/h8-11,13H,5-7,12,18H2,1-4H3,(H,19,20). The highest BCUT2D eigenvalue weighted by atomic mass is 16.5. The van der Waals surface area contributed by atoms with Crippen LogP contribution in [0.2, 0.25) is 0 Å². The largest absolute Gasteiger partial charge is 0.494 e. The summed E-state index contributed by atoms with van der Waals surface area (Å²) in [5.74, 6) is 0.858. The molecule has 1 rings (SSSR count). The van der Waals surface area contributed by atoms with Gasteiger partial charge in [0, 0.05) is 6.54 Å². The van der Waals surface area contributed by atoms with Gasteiger partial charge in [0.05, 0.1) is 18.1 Å². The van der Waals surface area contributed by atoms with Gasteiger partial charge in [0.1, 0.15) is 5.75 Å². The SMILES string of the molecule is CCOc1cccc(C(C)NC(=O)C(CC)(CC)CN)c1. The average molecular weight is 292 g/mol. The minimum absolute atomic E-state index is 0.0318. The number of benzene rings is 1. The topological polar surface area (TPSA) is 64.3 Å². The third-order valence-electron chi connectivity index (χ3n) is 4.24. The Morgan fingerprint density at radius 3 is 2.52 bits per heavy atom. The quantitative estimate of drug-likeness (QED) is 0.774. The fourth-order valence-electron chi connectivity index (χ4n) is 2.43. The fraction of sp³-hybridized carbons (Fsp3) is 0.588. The third-order valence-corrected chi connectivity index (χ3v) is 4.24. The molecule has 0 heterocycles. The van der Waals surface area contributed by atoms with Gasteiger partial charge >= 0.3 is 0 Å². The van der Waals surface area contributed by atoms with Crippen molar-refractivity contribution in [2.75, 3.05) is 13.2 Å². The Balaban J connectivity index is 2.82. The Morgan fingerprint density at radius 2 is 2.00 bits per heavy atom. The van der Waals surface area contributed by atoms with Crippen molar-refractivity contribution in [1.29, 1.82) is 0 Å². The zero-order chi connectivity index (χ0) is 15.9. The molecule has 0 aromatic heterocycles. The first-order valence-corrected chi connectivity index (χ1v) is 7.76. The monoisotopic (exact) mass is 292 g/mol. The summed E-state index contributed by atoms with van der Waals surface area (Å²) < 4.78 is 5.50. The predicted molar refractivity (Wildman–Crippen MR) is 86.2 cm³/mol. The number of hydrogen-bond donors (Lipinski definition) is 2. The van der Waals surface area contributed by atoms with Crippen molar-refractivity contribution in [3.8, 4) is 5.75 Å². The maximum Gasteiger partial charge on any atom is 0.227 e. The molecule has 0 radical (unpaired) electrons. The van der Waals surface area contributed by atoms with Crippen molar-refractivity contribution in [2.45, 2.75) is 46.6 Å². The number of hydrogen-bond acceptors (Lipinski definition) is 3. The van der Waals surface area contributed by atoms with Gasteiger partial charge in [0.15, 0.2) is 0 Å². The van der Waals surface area contributed by atoms with E-state index in [0.29, 0.717) is 13.2 Å². The molecule has 1 aromatic carbocycles. The van der Waals surface area contributed by atoms with Crippen LogP contribution >= 0.6 is 0 Å². The van der Waals surface area contributed by atoms with E-state index < -0.39 is 5.41 Å². The molecule has 118 valence electrons. The van der Waals surface area contributed by atoms with Crippen LogP contribution in [0.4, 0.5) is 0 Å². The summed E-state index contributed by atoms with van der Waals surface area (Å²) >= 11 is 0. The van der Waals surface area contributed by atoms with E-state index in [9.17, 15) is 4.79 Å². The molecule has 0 aliphatic rings. The summed E-state index contributed by atoms with van der Waals surface area (Å²) in [5.41, 5.74) is 6.40. The van der Waals surface area contributed by atoms with Crippen molar-refractivity contribution in [3.05, 3.63) is 29.8 Å². The van der Waals surface area contributed by atoms with E-state index in [-0.39, 0.29) is 11.9 Å². The van der Waals surface area contributed by atoms with Gasteiger partial charge in [-0.1, -0.05) is 26.0 Å². The molecule has 3 N–H and O–H groups in total. The summed E-state index contributed by atoms with van der Waals surface area (Å²) in [5, 5.41) is 3.08. The van der Waals surface area contributed by atoms with Crippen molar-refractivity contribution in [2.24, 2.45) is 11.1 Å². The molecule has 0 bridgehead atoms. The molecule has 0 saturated heterocycles. The summed E-state index contributed by atoms with van der Waals surface area (Å²) in [7, 11) is 0. The van der Waals surface area contributed by atoms with Gasteiger partial charge in [0.2, 0.25) is 5.91 Å². The zero-order valence-corrected chi connectivity index (χ0v) is 13.6. The highest BCUT2D eigenvalue weighted by Crippen LogP contribution is 2.27. The average Bonchev–Trinajstić information content (AvgIpc) is 2.50. The van der Waals surface area contributed by atoms with Crippen LogP contribution in [0.5, 0.6) is 5.75 Å². The normalized spacial score (nSPS) is 12.8. The lowest BCUT2D eigenvalue weighted by molar-refractivity contribution is -0.131. The lowest BCUT2D eigenvalue weighted by atomic mass is 9.81. The summed E-state index contributed by atoms with van der Waals surface area (Å²) in [6.07, 6.45) is 1.50. The van der Waals surface area contributed by atoms with Gasteiger partial charge in [0.25, 0.3) is 0 Å². The lowest BCUT2D eigenvalue weighted by Gasteiger charge is -2.30. The molecule has 0 saturated carbocycles. The number of rotatable bonds is 8. The Morgan fingerprint density at radius 1 is 1.33 bits per heavy atom. The summed E-state index contributed by atoms with van der Waals surface area (Å²) in [6.45, 7) is 8.96. The first-order valence-electron chi connectivity index (χ1n) is 7.76. The van der Waals surface area contributed by atoms with E-state index in [1.165, 1.54) is 0 Å². The number of amides is 1. The molecular weight excluding hydrogens is 264 g/mol. The Bertz CT molecular complexity index is 448. The number of ether oxygens (including phenoxy) is 1. The molecule has 1 amide bonds. The molecule has 4 nitrogen and oxygen atoms in total. The van der Waals surface area contributed by atoms with Crippen LogP contribution in [-0.2, 0) is 4.79 Å². The molecule has 0 aliphatic heterocycles. The van der Waals surface area contributed by atoms with Gasteiger partial charge in [-0.15, -0.1) is 0 Å². The minimum atomic E-state index is -0.466. The summed E-state index contributed by atoms with van der Waals surface area (Å²) in [4.78, 5) is 12.5. The molecular formula is C17H28N2O2. The Hall–Kier alpha value is -1.55. The van der Waals surface area contributed by atoms with Crippen LogP contribution in [-0.4, -0.2) is 19.1 Å². The van der Waals surface area contributed by atoms with E-state index in [0.717, 1.165) is 24.2 Å². The van der Waals surface area contributed by atoms with Crippen LogP contribution in [0.3, 0.4) is 0 Å². The first kappa shape index (κ1) is 17.5. The molecule has 0 spiro atoms. The first-order chi connectivity index (χ1) is 10.0. The highest BCUT2D eigenvalue weighted by molar-refractivity contribution is 5.83. The third kappa shape index (κ3) is 4.21. The molecule has 0 aliphatic carbocycles. The van der Waals surface area contributed by atoms with E-state index in [1.54, 1.807) is 0 Å². The van der Waals surface area contributed by atoms with Crippen molar-refractivity contribution in [3.63, 3.8) is 0 Å². The predicted octanol–water partition coefficient (Wildman–Crippen LogP) is 3.03. The van der Waals surface area contributed by atoms with Gasteiger partial charge in [-0.2, -0.15) is 0 Å². The minimum Gasteiger partial charge on any atom is -0.494 e. The van der Waals surface area contributed by atoms with Crippen LogP contribution < -0.4 is 15.8 Å². The van der Waals surface area contributed by atoms with Crippen LogP contribution in [0.1, 0.15) is 52.1 Å². The molecule has 1 aromatic rings. The van der Waals surface area contributed by atoms with Gasteiger partial charge in [-0.3, -0.25) is 4.79 Å². The van der Waals surface area contributed by atoms with E-state index in [4.69, 9.17) is 10.5 Å². The van der Waals surface area contributed by atoms with E-state index >= 15 is 0 Å². The van der Waals surface area contributed by atoms with Crippen molar-refractivity contribution >= 4 is 5.91 Å². The smallest absolute Gasteiger partial charge is 0.227 e. The maximum atomic E-state index is 12.5. The number of carbonyl (C=O) groups excluding carboxylic acids is 1. The molecule has 0 fully saturated rings. The number of nitrogens with one attached hydrogen (secondary N) is 1. The van der Waals surface area contributed by atoms with Crippen molar-refractivity contribution < 1.29 is 9.53 Å². The second-order valence-corrected chi connectivity index (χ2v) is 5.39. The highest BCUT2D eigenvalue weighted by Gasteiger charge is 2.34. The number of nitrogens with two attached hydrogens (primary N) is 1. The lowest BCUT2D eigenvalue weighted by Crippen LogP contribution is -2.46. The molecule has 4 heteroatoms. The van der Waals surface area contributed by atoms with Crippen LogP contribution in [0.25, 0.3) is 0 Å². The second kappa shape index (κ2) is 8.03. The van der Waals surface area contributed by atoms with Crippen molar-refractivity contribution in [1.82, 2.24) is 5.32 Å². The molecule has 21 heavy (non-hydrogen) atoms. The van der Waals surface area contributed by atoms with E-state index in [2.05, 4.69) is 5.32 Å². The fourth-order valence-corrected chi connectivity index (χ4v) is 2.43. The maximum absolute atomic E-state index is 12.5. The molecule has 1 unspecified atom stereocenters. The summed E-state index contributed by atoms with van der Waals surface area (Å²) in [6, 6.07) is 7.76. The second-order valence-electron chi connectivity index (χ2n) is 5.39. The van der Waals surface area contributed by atoms with Gasteiger partial charge in [-0.05, 0) is 44.4 Å². The van der Waals surface area contributed by atoms with Gasteiger partial charge < -0.3 is 15.8 Å². The van der Waals surface area contributed by atoms with Gasteiger partial charge in [-0.25, -0.2) is 0 Å². The Kier molecular flexibility index (Phi) is 6.69.